The van der Waals surface area contributed by atoms with Gasteiger partial charge in [0.05, 0.1) is 0 Å². The number of hydrogen-bond donors (Lipinski definition) is 0. The van der Waals surface area contributed by atoms with Crippen molar-refractivity contribution in [2.45, 2.75) is 51.4 Å². The summed E-state index contributed by atoms with van der Waals surface area (Å²) in [7, 11) is 0. The number of aryl methyl sites for hydroxylation is 1. The number of benzene rings is 2. The molecule has 0 heterocycles. The Balaban J connectivity index is 1.39. The van der Waals surface area contributed by atoms with E-state index in [0.717, 1.165) is 18.8 Å². The molecule has 0 aromatic heterocycles. The van der Waals surface area contributed by atoms with Crippen LogP contribution < -0.4 is 0 Å². The minimum atomic E-state index is 0.666. The van der Waals surface area contributed by atoms with Crippen LogP contribution in [0.4, 0.5) is 0 Å². The molecule has 0 nitrogen and oxygen atoms in total. The predicted octanol–water partition coefficient (Wildman–Crippen LogP) is 7.42. The van der Waals surface area contributed by atoms with Gasteiger partial charge in [-0.1, -0.05) is 80.5 Å². The van der Waals surface area contributed by atoms with Crippen molar-refractivity contribution in [1.29, 1.82) is 0 Å². The van der Waals surface area contributed by atoms with Crippen LogP contribution in [0, 0.1) is 5.92 Å². The lowest BCUT2D eigenvalue weighted by molar-refractivity contribution is 0.498. The van der Waals surface area contributed by atoms with Crippen LogP contribution in [0.2, 0.25) is 0 Å². The maximum atomic E-state index is 2.47. The molecule has 0 aliphatic heterocycles. The summed E-state index contributed by atoms with van der Waals surface area (Å²) in [6, 6.07) is 16.2. The van der Waals surface area contributed by atoms with E-state index >= 15 is 0 Å². The van der Waals surface area contributed by atoms with Crippen LogP contribution in [0.15, 0.2) is 60.7 Å². The van der Waals surface area contributed by atoms with Gasteiger partial charge in [0, 0.05) is 5.92 Å². The monoisotopic (exact) mass is 352 g/mol. The number of rotatable bonds is 4. The summed E-state index contributed by atoms with van der Waals surface area (Å²) in [6.45, 7) is 2.22. The second-order valence-electron chi connectivity index (χ2n) is 8.36. The molecule has 3 aliphatic carbocycles. The van der Waals surface area contributed by atoms with Crippen LogP contribution in [0.3, 0.4) is 0 Å². The second-order valence-corrected chi connectivity index (χ2v) is 8.36. The second kappa shape index (κ2) is 7.00. The molecule has 1 unspecified atom stereocenters. The molecule has 1 saturated carbocycles. The summed E-state index contributed by atoms with van der Waals surface area (Å²) in [5.41, 5.74) is 10.00. The Morgan fingerprint density at radius 3 is 2.70 bits per heavy atom. The zero-order valence-corrected chi connectivity index (χ0v) is 16.2. The molecule has 1 atom stereocenters. The van der Waals surface area contributed by atoms with Crippen molar-refractivity contribution in [3.8, 4) is 0 Å². The number of allylic oxidation sites excluding steroid dienone is 5. The molecule has 2 aromatic rings. The molecule has 0 radical (unpaired) electrons. The van der Waals surface area contributed by atoms with Gasteiger partial charge in [-0.3, -0.25) is 0 Å². The quantitative estimate of drug-likeness (QED) is 0.537. The largest absolute Gasteiger partial charge is 0.0761 e. The first-order chi connectivity index (χ1) is 13.3. The fourth-order valence-electron chi connectivity index (χ4n) is 5.16. The molecule has 0 amide bonds. The maximum Gasteiger partial charge on any atom is 0.00555 e. The van der Waals surface area contributed by atoms with Gasteiger partial charge in [0.25, 0.3) is 0 Å². The standard InChI is InChI=1S/C27H28/c1-2-19-6-5-9-21(16-19)22-10-11-23(17-22)24-12-14-27-25(18-24)13-15-26(27)20-7-3-4-8-20/h5-6,9-10,12-18,20,26H,2-4,7-8,11H2,1H3. The Labute approximate surface area is 163 Å². The summed E-state index contributed by atoms with van der Waals surface area (Å²) in [4.78, 5) is 0. The molecule has 0 spiro atoms. The van der Waals surface area contributed by atoms with Gasteiger partial charge in [0.2, 0.25) is 0 Å². The molecule has 5 rings (SSSR count). The first-order valence-corrected chi connectivity index (χ1v) is 10.6. The molecule has 0 saturated heterocycles. The third-order valence-electron chi connectivity index (χ3n) is 6.75. The highest BCUT2D eigenvalue weighted by atomic mass is 14.3. The molecule has 0 N–H and O–H groups in total. The minimum absolute atomic E-state index is 0.666. The Morgan fingerprint density at radius 2 is 1.85 bits per heavy atom. The molecule has 0 heteroatoms. The van der Waals surface area contributed by atoms with Gasteiger partial charge in [-0.25, -0.2) is 0 Å². The van der Waals surface area contributed by atoms with Crippen molar-refractivity contribution in [2.75, 3.05) is 0 Å². The molecular weight excluding hydrogens is 324 g/mol. The van der Waals surface area contributed by atoms with E-state index in [1.54, 1.807) is 5.56 Å². The highest BCUT2D eigenvalue weighted by molar-refractivity contribution is 5.90. The lowest BCUT2D eigenvalue weighted by Crippen LogP contribution is -2.05. The Bertz CT molecular complexity index is 948. The Hall–Kier alpha value is -2.34. The third-order valence-corrected chi connectivity index (χ3v) is 6.75. The molecule has 1 fully saturated rings. The molecule has 2 aromatic carbocycles. The van der Waals surface area contributed by atoms with E-state index in [-0.39, 0.29) is 0 Å². The average molecular weight is 353 g/mol. The van der Waals surface area contributed by atoms with Crippen LogP contribution in [0.1, 0.15) is 72.8 Å². The van der Waals surface area contributed by atoms with Gasteiger partial charge in [0.15, 0.2) is 0 Å². The molecular formula is C27H28. The molecule has 3 aliphatic rings. The summed E-state index contributed by atoms with van der Waals surface area (Å²) in [6.07, 6.45) is 17.4. The van der Waals surface area contributed by atoms with Gasteiger partial charge in [0.1, 0.15) is 0 Å². The summed E-state index contributed by atoms with van der Waals surface area (Å²) in [5, 5.41) is 0. The predicted molar refractivity (Wildman–Crippen MR) is 117 cm³/mol. The average Bonchev–Trinajstić information content (AvgIpc) is 3.47. The molecule has 136 valence electrons. The van der Waals surface area contributed by atoms with Crippen molar-refractivity contribution in [3.05, 3.63) is 88.5 Å². The SMILES string of the molecule is CCc1cccc(C2=CCC(c3ccc4c(c3)C=CC4C3CCCC3)=C2)c1. The van der Waals surface area contributed by atoms with Crippen LogP contribution in [0.25, 0.3) is 17.2 Å². The zero-order chi connectivity index (χ0) is 18.2. The maximum absolute atomic E-state index is 2.47. The van der Waals surface area contributed by atoms with Crippen molar-refractivity contribution in [3.63, 3.8) is 0 Å². The van der Waals surface area contributed by atoms with Gasteiger partial charge in [-0.2, -0.15) is 0 Å². The van der Waals surface area contributed by atoms with Crippen molar-refractivity contribution >= 4 is 17.2 Å². The van der Waals surface area contributed by atoms with Crippen LogP contribution >= 0.6 is 0 Å². The lowest BCUT2D eigenvalue weighted by atomic mass is 9.86. The highest BCUT2D eigenvalue weighted by Crippen LogP contribution is 2.44. The topological polar surface area (TPSA) is 0 Å². The van der Waals surface area contributed by atoms with Crippen LogP contribution in [0.5, 0.6) is 0 Å². The van der Waals surface area contributed by atoms with Gasteiger partial charge < -0.3 is 0 Å². The smallest absolute Gasteiger partial charge is 0.00555 e. The minimum Gasteiger partial charge on any atom is -0.0761 e. The number of fused-ring (bicyclic) bond motifs is 1. The fraction of sp³-hybridized carbons (Fsp3) is 0.333. The van der Waals surface area contributed by atoms with Crippen molar-refractivity contribution in [2.24, 2.45) is 5.92 Å². The van der Waals surface area contributed by atoms with Crippen molar-refractivity contribution < 1.29 is 0 Å². The molecule has 27 heavy (non-hydrogen) atoms. The van der Waals surface area contributed by atoms with Crippen molar-refractivity contribution in [1.82, 2.24) is 0 Å². The summed E-state index contributed by atoms with van der Waals surface area (Å²) < 4.78 is 0. The fourth-order valence-corrected chi connectivity index (χ4v) is 5.16. The van der Waals surface area contributed by atoms with E-state index in [2.05, 4.69) is 73.7 Å². The van der Waals surface area contributed by atoms with Crippen LogP contribution in [-0.4, -0.2) is 0 Å². The highest BCUT2D eigenvalue weighted by Gasteiger charge is 2.28. The number of hydrogen-bond acceptors (Lipinski definition) is 0. The van der Waals surface area contributed by atoms with Gasteiger partial charge >= 0.3 is 0 Å². The summed E-state index contributed by atoms with van der Waals surface area (Å²) in [5.74, 6) is 1.54. The van der Waals surface area contributed by atoms with Gasteiger partial charge in [-0.15, -0.1) is 0 Å². The first kappa shape index (κ1) is 16.8. The Morgan fingerprint density at radius 1 is 0.963 bits per heavy atom. The van der Waals surface area contributed by atoms with E-state index in [9.17, 15) is 0 Å². The normalized spacial score (nSPS) is 21.4. The van der Waals surface area contributed by atoms with E-state index in [0.29, 0.717) is 5.92 Å². The van der Waals surface area contributed by atoms with E-state index < -0.39 is 0 Å². The Kier molecular flexibility index (Phi) is 4.36. The van der Waals surface area contributed by atoms with Crippen LogP contribution in [-0.2, 0) is 6.42 Å². The van der Waals surface area contributed by atoms with Gasteiger partial charge in [-0.05, 0) is 76.6 Å². The lowest BCUT2D eigenvalue weighted by Gasteiger charge is -2.18. The first-order valence-electron chi connectivity index (χ1n) is 10.6. The van der Waals surface area contributed by atoms with E-state index in [1.165, 1.54) is 59.1 Å². The van der Waals surface area contributed by atoms with E-state index in [1.807, 2.05) is 0 Å². The van der Waals surface area contributed by atoms with E-state index in [4.69, 9.17) is 0 Å². The summed E-state index contributed by atoms with van der Waals surface area (Å²) >= 11 is 0. The third kappa shape index (κ3) is 3.12. The molecule has 0 bridgehead atoms. The zero-order valence-electron chi connectivity index (χ0n) is 16.2.